The summed E-state index contributed by atoms with van der Waals surface area (Å²) < 4.78 is 114. The van der Waals surface area contributed by atoms with Gasteiger partial charge in [-0.15, -0.1) is 0 Å². The van der Waals surface area contributed by atoms with Crippen molar-refractivity contribution in [2.24, 2.45) is 5.92 Å². The maximum Gasteiger partial charge on any atom is 0.408 e. The number of rotatable bonds is 9. The number of aryl methyl sites for hydroxylation is 1. The van der Waals surface area contributed by atoms with Gasteiger partial charge < -0.3 is 15.6 Å². The van der Waals surface area contributed by atoms with E-state index in [1.54, 1.807) is 5.32 Å². The fourth-order valence-corrected chi connectivity index (χ4v) is 4.89. The van der Waals surface area contributed by atoms with Crippen molar-refractivity contribution in [3.8, 4) is 0 Å². The molecule has 9 nitrogen and oxygen atoms in total. The minimum Gasteiger partial charge on any atom is -0.344 e. The first-order chi connectivity index (χ1) is 19.6. The Kier molecular flexibility index (Phi) is 8.78. The molecule has 230 valence electrons. The summed E-state index contributed by atoms with van der Waals surface area (Å²) in [4.78, 5) is 32.5. The Bertz CT molecular complexity index is 1430. The molecule has 0 saturated heterocycles. The molecule has 0 bridgehead atoms. The molecule has 42 heavy (non-hydrogen) atoms. The highest BCUT2D eigenvalue weighted by Gasteiger charge is 2.41. The average molecular weight is 611 g/mol. The number of alkyl halides is 7. The Morgan fingerprint density at radius 2 is 1.81 bits per heavy atom. The van der Waals surface area contributed by atoms with Crippen LogP contribution in [0.1, 0.15) is 78.6 Å². The molecular formula is C25H26F8N6O3. The molecule has 1 aliphatic rings. The minimum absolute atomic E-state index is 0.00536. The molecule has 1 fully saturated rings. The maximum absolute atomic E-state index is 15.7. The summed E-state index contributed by atoms with van der Waals surface area (Å²) in [6, 6.07) is -1.27. The summed E-state index contributed by atoms with van der Waals surface area (Å²) in [5.41, 5.74) is -1.09. The highest BCUT2D eigenvalue weighted by molar-refractivity contribution is 5.93. The molecule has 2 heterocycles. The van der Waals surface area contributed by atoms with Crippen molar-refractivity contribution < 1.29 is 49.3 Å². The molecule has 1 aliphatic carbocycles. The van der Waals surface area contributed by atoms with Crippen LogP contribution in [0, 0.1) is 18.7 Å². The SMILES string of the molecule is Cc1nonc1C(=O)N[C@H](c1nc2c(F)c([C@@H](CC(F)F)C(=O)N[C@H](C)C(F)(F)F)ccc2[nH]1)C1CCC(F)(F)CC1. The Labute approximate surface area is 232 Å². The number of fused-ring (bicyclic) bond motifs is 1. The first-order valence-electron chi connectivity index (χ1n) is 12.9. The van der Waals surface area contributed by atoms with E-state index in [-0.39, 0.29) is 35.6 Å². The predicted octanol–water partition coefficient (Wildman–Crippen LogP) is 5.50. The first kappa shape index (κ1) is 31.2. The largest absolute Gasteiger partial charge is 0.408 e. The number of aromatic amines is 1. The van der Waals surface area contributed by atoms with Crippen LogP contribution in [0.2, 0.25) is 0 Å². The van der Waals surface area contributed by atoms with Crippen molar-refractivity contribution in [2.45, 2.75) is 82.5 Å². The Hall–Kier alpha value is -3.79. The highest BCUT2D eigenvalue weighted by atomic mass is 19.4. The zero-order valence-corrected chi connectivity index (χ0v) is 22.2. The second-order valence-corrected chi connectivity index (χ2v) is 10.3. The second-order valence-electron chi connectivity index (χ2n) is 10.3. The number of aromatic nitrogens is 4. The topological polar surface area (TPSA) is 126 Å². The molecule has 0 unspecified atom stereocenters. The van der Waals surface area contributed by atoms with Crippen molar-refractivity contribution >= 4 is 22.8 Å². The molecule has 4 rings (SSSR count). The number of imidazole rings is 1. The third-order valence-corrected chi connectivity index (χ3v) is 7.28. The zero-order valence-electron chi connectivity index (χ0n) is 22.2. The van der Waals surface area contributed by atoms with Crippen LogP contribution in [0.15, 0.2) is 16.8 Å². The molecule has 1 saturated carbocycles. The van der Waals surface area contributed by atoms with Crippen LogP contribution in [0.3, 0.4) is 0 Å². The number of hydrogen-bond donors (Lipinski definition) is 3. The van der Waals surface area contributed by atoms with Crippen LogP contribution >= 0.6 is 0 Å². The summed E-state index contributed by atoms with van der Waals surface area (Å²) >= 11 is 0. The molecular weight excluding hydrogens is 584 g/mol. The van der Waals surface area contributed by atoms with Crippen molar-refractivity contribution in [1.82, 2.24) is 30.9 Å². The van der Waals surface area contributed by atoms with Gasteiger partial charge in [-0.1, -0.05) is 11.2 Å². The van der Waals surface area contributed by atoms with Crippen molar-refractivity contribution in [3.63, 3.8) is 0 Å². The molecule has 2 aromatic heterocycles. The molecule has 3 N–H and O–H groups in total. The van der Waals surface area contributed by atoms with E-state index in [2.05, 4.69) is 30.2 Å². The Morgan fingerprint density at radius 1 is 1.14 bits per heavy atom. The van der Waals surface area contributed by atoms with Gasteiger partial charge in [-0.2, -0.15) is 13.2 Å². The summed E-state index contributed by atoms with van der Waals surface area (Å²) in [7, 11) is 0. The third-order valence-electron chi connectivity index (χ3n) is 7.28. The van der Waals surface area contributed by atoms with Crippen LogP contribution in [0.5, 0.6) is 0 Å². The fraction of sp³-hybridized carbons (Fsp3) is 0.560. The smallest absolute Gasteiger partial charge is 0.344 e. The summed E-state index contributed by atoms with van der Waals surface area (Å²) in [6.45, 7) is 2.06. The van der Waals surface area contributed by atoms with Gasteiger partial charge in [0.05, 0.1) is 17.5 Å². The molecule has 3 aromatic rings. The molecule has 2 amide bonds. The first-order valence-corrected chi connectivity index (χ1v) is 12.9. The summed E-state index contributed by atoms with van der Waals surface area (Å²) in [5, 5.41) is 11.3. The molecule has 1 aromatic carbocycles. The predicted molar refractivity (Wildman–Crippen MR) is 129 cm³/mol. The third kappa shape index (κ3) is 6.81. The van der Waals surface area contributed by atoms with Gasteiger partial charge in [0.1, 0.15) is 23.1 Å². The number of amides is 2. The number of hydrogen-bond acceptors (Lipinski definition) is 6. The summed E-state index contributed by atoms with van der Waals surface area (Å²) in [6.07, 6.45) is -10.3. The minimum atomic E-state index is -4.87. The van der Waals surface area contributed by atoms with Gasteiger partial charge in [-0.05, 0) is 43.8 Å². The Balaban J connectivity index is 1.70. The van der Waals surface area contributed by atoms with Gasteiger partial charge in [-0.3, -0.25) is 9.59 Å². The maximum atomic E-state index is 15.7. The van der Waals surface area contributed by atoms with E-state index in [0.29, 0.717) is 6.92 Å². The van der Waals surface area contributed by atoms with Gasteiger partial charge in [0.2, 0.25) is 18.3 Å². The zero-order chi connectivity index (χ0) is 31.0. The number of nitrogens with zero attached hydrogens (tertiary/aromatic N) is 3. The van der Waals surface area contributed by atoms with Crippen LogP contribution in [0.25, 0.3) is 11.0 Å². The standard InChI is InChI=1S/C25H26F8N6O3/c1-10-18(39-42-38-10)23(41)37-19(12-5-7-24(29,30)8-6-12)21-35-15-4-3-13(17(28)20(15)36-21)14(9-16(26)27)22(40)34-11(2)25(31,32)33/h3-4,11-12,14,16,19H,5-9H2,1-2H3,(H,34,40)(H,35,36)(H,37,41)/t11-,14-,19+/m1/s1. The van der Waals surface area contributed by atoms with E-state index < -0.39 is 90.4 Å². The molecule has 0 radical (unpaired) electrons. The number of carbonyl (C=O) groups excluding carboxylic acids is 2. The van der Waals surface area contributed by atoms with Crippen LogP contribution in [-0.4, -0.2) is 56.7 Å². The number of benzene rings is 1. The van der Waals surface area contributed by atoms with Crippen molar-refractivity contribution in [2.75, 3.05) is 0 Å². The lowest BCUT2D eigenvalue weighted by atomic mass is 9.81. The van der Waals surface area contributed by atoms with Crippen LogP contribution in [0.4, 0.5) is 35.1 Å². The molecule has 0 spiro atoms. The lowest BCUT2D eigenvalue weighted by Gasteiger charge is -2.33. The number of carbonyl (C=O) groups is 2. The van der Waals surface area contributed by atoms with Crippen molar-refractivity contribution in [3.05, 3.63) is 40.7 Å². The number of halogens is 8. The van der Waals surface area contributed by atoms with Crippen LogP contribution in [-0.2, 0) is 4.79 Å². The fourth-order valence-electron chi connectivity index (χ4n) is 4.89. The van der Waals surface area contributed by atoms with Gasteiger partial charge in [0.15, 0.2) is 11.5 Å². The van der Waals surface area contributed by atoms with E-state index >= 15 is 4.39 Å². The highest BCUT2D eigenvalue weighted by Crippen LogP contribution is 2.41. The molecule has 3 atom stereocenters. The van der Waals surface area contributed by atoms with E-state index in [1.807, 2.05) is 0 Å². The number of nitrogens with one attached hydrogen (secondary N) is 3. The van der Waals surface area contributed by atoms with Gasteiger partial charge in [0.25, 0.3) is 5.91 Å². The Morgan fingerprint density at radius 3 is 2.38 bits per heavy atom. The monoisotopic (exact) mass is 610 g/mol. The lowest BCUT2D eigenvalue weighted by molar-refractivity contribution is -0.158. The van der Waals surface area contributed by atoms with Crippen molar-refractivity contribution in [1.29, 1.82) is 0 Å². The lowest BCUT2D eigenvalue weighted by Crippen LogP contribution is -2.45. The van der Waals surface area contributed by atoms with Gasteiger partial charge in [-0.25, -0.2) is 31.6 Å². The van der Waals surface area contributed by atoms with E-state index in [1.165, 1.54) is 13.0 Å². The van der Waals surface area contributed by atoms with Gasteiger partial charge in [0, 0.05) is 24.8 Å². The van der Waals surface area contributed by atoms with Gasteiger partial charge >= 0.3 is 6.18 Å². The van der Waals surface area contributed by atoms with E-state index in [9.17, 15) is 40.3 Å². The summed E-state index contributed by atoms with van der Waals surface area (Å²) in [5.74, 6) is -9.01. The average Bonchev–Trinajstić information content (AvgIpc) is 3.52. The number of H-pyrrole nitrogens is 1. The van der Waals surface area contributed by atoms with Crippen LogP contribution < -0.4 is 10.6 Å². The second kappa shape index (κ2) is 11.8. The molecule has 17 heteroatoms. The molecule has 0 aliphatic heterocycles. The van der Waals surface area contributed by atoms with E-state index in [0.717, 1.165) is 6.07 Å². The van der Waals surface area contributed by atoms with E-state index in [4.69, 9.17) is 0 Å². The normalized spacial score (nSPS) is 18.2. The quantitative estimate of drug-likeness (QED) is 0.275.